The van der Waals surface area contributed by atoms with Crippen molar-refractivity contribution >= 4 is 5.78 Å². The zero-order valence-electron chi connectivity index (χ0n) is 8.05. The summed E-state index contributed by atoms with van der Waals surface area (Å²) >= 11 is 0. The van der Waals surface area contributed by atoms with Gasteiger partial charge in [0.2, 0.25) is 0 Å². The zero-order valence-corrected chi connectivity index (χ0v) is 8.05. The quantitative estimate of drug-likeness (QED) is 0.573. The summed E-state index contributed by atoms with van der Waals surface area (Å²) in [6.45, 7) is 9.79. The zero-order chi connectivity index (χ0) is 9.35. The van der Waals surface area contributed by atoms with E-state index in [9.17, 15) is 4.79 Å². The molecule has 0 amide bonds. The van der Waals surface area contributed by atoms with Crippen LogP contribution in [0.4, 0.5) is 0 Å². The van der Waals surface area contributed by atoms with Crippen LogP contribution in [0.3, 0.4) is 0 Å². The lowest BCUT2D eigenvalue weighted by molar-refractivity contribution is -0.121. The first-order valence-corrected chi connectivity index (χ1v) is 4.35. The second-order valence-corrected chi connectivity index (χ2v) is 4.17. The van der Waals surface area contributed by atoms with E-state index in [2.05, 4.69) is 13.5 Å². The smallest absolute Gasteiger partial charge is 0.161 e. The summed E-state index contributed by atoms with van der Waals surface area (Å²) in [4.78, 5) is 11.4. The lowest BCUT2D eigenvalue weighted by atomic mass is 9.86. The normalized spacial score (nSPS) is 23.6. The van der Waals surface area contributed by atoms with Crippen LogP contribution in [-0.4, -0.2) is 5.78 Å². The van der Waals surface area contributed by atoms with Crippen LogP contribution >= 0.6 is 0 Å². The Morgan fingerprint density at radius 2 is 2.25 bits per heavy atom. The molecule has 1 aliphatic carbocycles. The highest BCUT2D eigenvalue weighted by Gasteiger charge is 2.33. The van der Waals surface area contributed by atoms with Gasteiger partial charge in [-0.1, -0.05) is 32.4 Å². The molecular formula is C11H16O. The molecule has 1 atom stereocenters. The van der Waals surface area contributed by atoms with Crippen LogP contribution < -0.4 is 0 Å². The van der Waals surface area contributed by atoms with Crippen molar-refractivity contribution < 1.29 is 4.79 Å². The van der Waals surface area contributed by atoms with E-state index >= 15 is 0 Å². The van der Waals surface area contributed by atoms with Crippen LogP contribution in [0.2, 0.25) is 0 Å². The van der Waals surface area contributed by atoms with Gasteiger partial charge >= 0.3 is 0 Å². The Balaban J connectivity index is 2.81. The standard InChI is InChI=1S/C11H16O/c1-5-8(2)9-6-10(12)11(3,4)7-9/h5-6,8H,1,7H2,2-4H3. The van der Waals surface area contributed by atoms with E-state index in [-0.39, 0.29) is 11.2 Å². The summed E-state index contributed by atoms with van der Waals surface area (Å²) in [6.07, 6.45) is 4.56. The van der Waals surface area contributed by atoms with Crippen LogP contribution in [0.15, 0.2) is 24.3 Å². The molecule has 0 saturated carbocycles. The van der Waals surface area contributed by atoms with Gasteiger partial charge in [-0.3, -0.25) is 4.79 Å². The maximum atomic E-state index is 11.4. The fourth-order valence-corrected chi connectivity index (χ4v) is 1.46. The van der Waals surface area contributed by atoms with Gasteiger partial charge in [0, 0.05) is 5.41 Å². The van der Waals surface area contributed by atoms with Crippen molar-refractivity contribution in [3.05, 3.63) is 24.3 Å². The van der Waals surface area contributed by atoms with Crippen LogP contribution in [0.1, 0.15) is 27.2 Å². The molecule has 0 N–H and O–H groups in total. The minimum Gasteiger partial charge on any atom is -0.294 e. The third-order valence-corrected chi connectivity index (χ3v) is 2.57. The van der Waals surface area contributed by atoms with Gasteiger partial charge < -0.3 is 0 Å². The van der Waals surface area contributed by atoms with Crippen LogP contribution in [0.25, 0.3) is 0 Å². The summed E-state index contributed by atoms with van der Waals surface area (Å²) < 4.78 is 0. The second kappa shape index (κ2) is 2.89. The molecule has 1 heteroatoms. The Labute approximate surface area is 74.2 Å². The number of hydrogen-bond acceptors (Lipinski definition) is 1. The molecule has 0 fully saturated rings. The van der Waals surface area contributed by atoms with Gasteiger partial charge in [-0.25, -0.2) is 0 Å². The average Bonchev–Trinajstić information content (AvgIpc) is 2.25. The first kappa shape index (κ1) is 9.24. The summed E-state index contributed by atoms with van der Waals surface area (Å²) in [5, 5.41) is 0. The van der Waals surface area contributed by atoms with Crippen molar-refractivity contribution in [1.29, 1.82) is 0 Å². The SMILES string of the molecule is C=CC(C)C1=CC(=O)C(C)(C)C1. The molecule has 0 aromatic carbocycles. The molecule has 1 rings (SSSR count). The van der Waals surface area contributed by atoms with Crippen LogP contribution in [-0.2, 0) is 4.79 Å². The highest BCUT2D eigenvalue weighted by atomic mass is 16.1. The van der Waals surface area contributed by atoms with Crippen molar-refractivity contribution in [1.82, 2.24) is 0 Å². The average molecular weight is 164 g/mol. The monoisotopic (exact) mass is 164 g/mol. The van der Waals surface area contributed by atoms with Crippen molar-refractivity contribution in [2.45, 2.75) is 27.2 Å². The van der Waals surface area contributed by atoms with Crippen molar-refractivity contribution in [3.63, 3.8) is 0 Å². The third kappa shape index (κ3) is 1.50. The van der Waals surface area contributed by atoms with E-state index < -0.39 is 0 Å². The van der Waals surface area contributed by atoms with Crippen LogP contribution in [0.5, 0.6) is 0 Å². The molecule has 0 heterocycles. The number of carbonyl (C=O) groups excluding carboxylic acids is 1. The minimum atomic E-state index is -0.174. The highest BCUT2D eigenvalue weighted by Crippen LogP contribution is 2.36. The predicted molar refractivity (Wildman–Crippen MR) is 50.8 cm³/mol. The van der Waals surface area contributed by atoms with E-state index in [1.165, 1.54) is 5.57 Å². The van der Waals surface area contributed by atoms with E-state index in [0.717, 1.165) is 6.42 Å². The fourth-order valence-electron chi connectivity index (χ4n) is 1.46. The predicted octanol–water partition coefficient (Wildman–Crippen LogP) is 2.73. The summed E-state index contributed by atoms with van der Waals surface area (Å²) in [5.74, 6) is 0.599. The first-order valence-electron chi connectivity index (χ1n) is 4.35. The van der Waals surface area contributed by atoms with Gasteiger partial charge in [0.05, 0.1) is 0 Å². The van der Waals surface area contributed by atoms with Gasteiger partial charge in [0.15, 0.2) is 5.78 Å². The summed E-state index contributed by atoms with van der Waals surface area (Å²) in [6, 6.07) is 0. The van der Waals surface area contributed by atoms with E-state index in [4.69, 9.17) is 0 Å². The Hall–Kier alpha value is -0.850. The number of ketones is 1. The molecular weight excluding hydrogens is 148 g/mol. The molecule has 0 aliphatic heterocycles. The highest BCUT2D eigenvalue weighted by molar-refractivity contribution is 5.97. The minimum absolute atomic E-state index is 0.174. The Bertz CT molecular complexity index is 246. The van der Waals surface area contributed by atoms with E-state index in [0.29, 0.717) is 5.92 Å². The molecule has 0 saturated heterocycles. The van der Waals surface area contributed by atoms with Gasteiger partial charge in [-0.05, 0) is 18.4 Å². The molecule has 0 aromatic rings. The largest absolute Gasteiger partial charge is 0.294 e. The van der Waals surface area contributed by atoms with Gasteiger partial charge in [-0.2, -0.15) is 0 Å². The first-order chi connectivity index (χ1) is 5.47. The number of allylic oxidation sites excluding steroid dienone is 3. The van der Waals surface area contributed by atoms with Gasteiger partial charge in [0.25, 0.3) is 0 Å². The molecule has 1 nitrogen and oxygen atoms in total. The molecule has 66 valence electrons. The van der Waals surface area contributed by atoms with Crippen molar-refractivity contribution in [2.24, 2.45) is 11.3 Å². The number of hydrogen-bond donors (Lipinski definition) is 0. The molecule has 1 aliphatic rings. The van der Waals surface area contributed by atoms with Gasteiger partial charge in [-0.15, -0.1) is 6.58 Å². The fraction of sp³-hybridized carbons (Fsp3) is 0.545. The lowest BCUT2D eigenvalue weighted by Crippen LogP contribution is -2.17. The Morgan fingerprint density at radius 3 is 2.58 bits per heavy atom. The van der Waals surface area contributed by atoms with Crippen LogP contribution in [0, 0.1) is 11.3 Å². The van der Waals surface area contributed by atoms with E-state index in [1.807, 2.05) is 19.9 Å². The maximum absolute atomic E-state index is 11.4. The number of carbonyl (C=O) groups is 1. The lowest BCUT2D eigenvalue weighted by Gasteiger charge is -2.16. The Morgan fingerprint density at radius 1 is 1.67 bits per heavy atom. The molecule has 0 bridgehead atoms. The number of rotatable bonds is 2. The maximum Gasteiger partial charge on any atom is 0.161 e. The van der Waals surface area contributed by atoms with Crippen molar-refractivity contribution in [2.75, 3.05) is 0 Å². The summed E-state index contributed by atoms with van der Waals surface area (Å²) in [5.41, 5.74) is 1.05. The molecule has 12 heavy (non-hydrogen) atoms. The van der Waals surface area contributed by atoms with E-state index in [1.54, 1.807) is 6.08 Å². The van der Waals surface area contributed by atoms with Gasteiger partial charge in [0.1, 0.15) is 0 Å². The third-order valence-electron chi connectivity index (χ3n) is 2.57. The second-order valence-electron chi connectivity index (χ2n) is 4.17. The molecule has 1 unspecified atom stereocenters. The summed E-state index contributed by atoms with van der Waals surface area (Å²) in [7, 11) is 0. The Kier molecular flexibility index (Phi) is 2.22. The topological polar surface area (TPSA) is 17.1 Å². The molecule has 0 aromatic heterocycles. The molecule has 0 radical (unpaired) electrons. The molecule has 0 spiro atoms. The van der Waals surface area contributed by atoms with Crippen molar-refractivity contribution in [3.8, 4) is 0 Å².